The van der Waals surface area contributed by atoms with Crippen LogP contribution in [0.4, 0.5) is 9.09 Å². The Morgan fingerprint density at radius 3 is 2.22 bits per heavy atom. The molecule has 0 amide bonds. The van der Waals surface area contributed by atoms with Crippen LogP contribution in [0.3, 0.4) is 0 Å². The minimum atomic E-state index is -0.605. The van der Waals surface area contributed by atoms with Crippen LogP contribution in [0.25, 0.3) is 0 Å². The lowest BCUT2D eigenvalue weighted by Crippen LogP contribution is -2.07. The Kier molecular flexibility index (Phi) is 7.51. The molecule has 0 saturated carbocycles. The highest BCUT2D eigenvalue weighted by atomic mass is 19.1. The lowest BCUT2D eigenvalue weighted by molar-refractivity contribution is 0.0526. The van der Waals surface area contributed by atoms with Gasteiger partial charge in [0, 0.05) is 6.54 Å². The van der Waals surface area contributed by atoms with Gasteiger partial charge in [-0.05, 0) is 31.5 Å². The number of hydrogen-bond donors (Lipinski definition) is 0. The highest BCUT2D eigenvalue weighted by Gasteiger charge is 2.07. The van der Waals surface area contributed by atoms with Gasteiger partial charge in [0.15, 0.2) is 0 Å². The van der Waals surface area contributed by atoms with Crippen LogP contribution in [-0.4, -0.2) is 31.5 Å². The summed E-state index contributed by atoms with van der Waals surface area (Å²) in [5.74, 6) is -0.367. The molecule has 0 fully saturated rings. The average molecular weight is 257 g/mol. The van der Waals surface area contributed by atoms with Gasteiger partial charge in [0.2, 0.25) is 0 Å². The number of rotatable bonds is 5. The van der Waals surface area contributed by atoms with E-state index in [2.05, 4.69) is 4.99 Å². The zero-order chi connectivity index (χ0) is 12.7. The predicted octanol–water partition coefficient (Wildman–Crippen LogP) is 2.79. The summed E-state index contributed by atoms with van der Waals surface area (Å²) < 4.78 is 17.5. The quantitative estimate of drug-likeness (QED) is 0.601. The molecule has 0 N–H and O–H groups in total. The second-order valence-electron chi connectivity index (χ2n) is 3.35. The standard InChI is InChI=1S/C13H16FNO2.FH/c1-3-15-12(9-14)10-5-7-11(8-6-10)13(16)17-4-2;/h5-8H,3-4,9H2,1-2H3;1H. The van der Waals surface area contributed by atoms with E-state index in [1.54, 1.807) is 31.2 Å². The van der Waals surface area contributed by atoms with E-state index >= 15 is 0 Å². The first kappa shape index (κ1) is 16.2. The second-order valence-corrected chi connectivity index (χ2v) is 3.35. The maximum Gasteiger partial charge on any atom is 0.338 e. The zero-order valence-corrected chi connectivity index (χ0v) is 10.5. The van der Waals surface area contributed by atoms with Gasteiger partial charge < -0.3 is 4.74 Å². The zero-order valence-electron chi connectivity index (χ0n) is 10.5. The monoisotopic (exact) mass is 257 g/mol. The highest BCUT2D eigenvalue weighted by molar-refractivity contribution is 6.02. The van der Waals surface area contributed by atoms with E-state index < -0.39 is 6.67 Å². The molecular weight excluding hydrogens is 240 g/mol. The lowest BCUT2D eigenvalue weighted by atomic mass is 10.1. The van der Waals surface area contributed by atoms with E-state index in [4.69, 9.17) is 4.74 Å². The molecule has 100 valence electrons. The van der Waals surface area contributed by atoms with Crippen molar-refractivity contribution < 1.29 is 18.6 Å². The molecule has 0 aliphatic rings. The number of aliphatic imine (C=N–C) groups is 1. The van der Waals surface area contributed by atoms with Crippen molar-refractivity contribution >= 4 is 11.7 Å². The molecule has 3 nitrogen and oxygen atoms in total. The van der Waals surface area contributed by atoms with Crippen molar-refractivity contribution in [1.82, 2.24) is 0 Å². The van der Waals surface area contributed by atoms with Crippen molar-refractivity contribution in [3.8, 4) is 0 Å². The van der Waals surface area contributed by atoms with Gasteiger partial charge in [-0.3, -0.25) is 9.70 Å². The van der Waals surface area contributed by atoms with E-state index in [1.807, 2.05) is 6.92 Å². The smallest absolute Gasteiger partial charge is 0.338 e. The lowest BCUT2D eigenvalue weighted by Gasteiger charge is -2.04. The van der Waals surface area contributed by atoms with Crippen LogP contribution in [0.2, 0.25) is 0 Å². The summed E-state index contributed by atoms with van der Waals surface area (Å²) in [5, 5.41) is 0. The second kappa shape index (κ2) is 8.33. The number of nitrogens with zero attached hydrogens (tertiary/aromatic N) is 1. The fraction of sp³-hybridized carbons (Fsp3) is 0.385. The van der Waals surface area contributed by atoms with Gasteiger partial charge in [0.1, 0.15) is 6.67 Å². The maximum atomic E-state index is 12.7. The Morgan fingerprint density at radius 1 is 1.22 bits per heavy atom. The largest absolute Gasteiger partial charge is 0.462 e. The third-order valence-electron chi connectivity index (χ3n) is 2.20. The molecule has 0 heterocycles. The molecule has 5 heteroatoms. The third kappa shape index (κ3) is 4.24. The number of ether oxygens (including phenoxy) is 1. The third-order valence-corrected chi connectivity index (χ3v) is 2.20. The minimum absolute atomic E-state index is 0. The van der Waals surface area contributed by atoms with Gasteiger partial charge in [-0.15, -0.1) is 0 Å². The number of benzene rings is 1. The average Bonchev–Trinajstić information content (AvgIpc) is 2.36. The topological polar surface area (TPSA) is 38.7 Å². The fourth-order valence-electron chi connectivity index (χ4n) is 1.41. The van der Waals surface area contributed by atoms with Gasteiger partial charge in [-0.25, -0.2) is 9.18 Å². The van der Waals surface area contributed by atoms with Crippen molar-refractivity contribution in [3.63, 3.8) is 0 Å². The molecule has 1 rings (SSSR count). The van der Waals surface area contributed by atoms with Crippen LogP contribution in [0.1, 0.15) is 29.8 Å². The normalized spacial score (nSPS) is 10.7. The van der Waals surface area contributed by atoms with E-state index in [9.17, 15) is 9.18 Å². The Balaban J connectivity index is 0.00000289. The summed E-state index contributed by atoms with van der Waals surface area (Å²) in [4.78, 5) is 15.4. The molecule has 0 unspecified atom stereocenters. The summed E-state index contributed by atoms with van der Waals surface area (Å²) in [7, 11) is 0. The van der Waals surface area contributed by atoms with Crippen molar-refractivity contribution in [2.75, 3.05) is 19.8 Å². The molecule has 0 saturated heterocycles. The number of carbonyl (C=O) groups excluding carboxylic acids is 1. The van der Waals surface area contributed by atoms with Gasteiger partial charge in [-0.1, -0.05) is 12.1 Å². The van der Waals surface area contributed by atoms with Crippen LogP contribution in [0.5, 0.6) is 0 Å². The molecule has 1 aromatic rings. The van der Waals surface area contributed by atoms with Crippen molar-refractivity contribution in [3.05, 3.63) is 35.4 Å². The van der Waals surface area contributed by atoms with Crippen LogP contribution < -0.4 is 0 Å². The van der Waals surface area contributed by atoms with E-state index in [-0.39, 0.29) is 10.7 Å². The molecule has 0 aromatic heterocycles. The van der Waals surface area contributed by atoms with Crippen LogP contribution >= 0.6 is 0 Å². The molecule has 0 aliphatic carbocycles. The number of hydrogen-bond acceptors (Lipinski definition) is 3. The minimum Gasteiger partial charge on any atom is -0.462 e. The Labute approximate surface area is 105 Å². The van der Waals surface area contributed by atoms with Gasteiger partial charge in [-0.2, -0.15) is 0 Å². The Morgan fingerprint density at radius 2 is 1.78 bits per heavy atom. The van der Waals surface area contributed by atoms with Gasteiger partial charge in [0.25, 0.3) is 0 Å². The van der Waals surface area contributed by atoms with E-state index in [0.29, 0.717) is 30.0 Å². The maximum absolute atomic E-state index is 12.7. The summed E-state index contributed by atoms with van der Waals surface area (Å²) in [6.07, 6.45) is 0. The van der Waals surface area contributed by atoms with Crippen LogP contribution in [0.15, 0.2) is 29.3 Å². The molecular formula is C13H17F2NO2. The fourth-order valence-corrected chi connectivity index (χ4v) is 1.41. The van der Waals surface area contributed by atoms with Crippen LogP contribution in [-0.2, 0) is 4.74 Å². The van der Waals surface area contributed by atoms with Crippen LogP contribution in [0, 0.1) is 0 Å². The van der Waals surface area contributed by atoms with Gasteiger partial charge in [0.05, 0.1) is 17.9 Å². The number of alkyl halides is 1. The number of halogens is 2. The molecule has 18 heavy (non-hydrogen) atoms. The molecule has 0 spiro atoms. The number of esters is 1. The SMILES string of the molecule is CCN=C(CF)c1ccc(C(=O)OCC)cc1.F. The first-order chi connectivity index (χ1) is 8.22. The summed E-state index contributed by atoms with van der Waals surface area (Å²) in [5.41, 5.74) is 1.57. The first-order valence-corrected chi connectivity index (χ1v) is 5.59. The molecule has 0 atom stereocenters. The molecule has 1 aromatic carbocycles. The predicted molar refractivity (Wildman–Crippen MR) is 68.0 cm³/mol. The van der Waals surface area contributed by atoms with Gasteiger partial charge >= 0.3 is 5.97 Å². The van der Waals surface area contributed by atoms with E-state index in [0.717, 1.165) is 0 Å². The Hall–Kier alpha value is -1.78. The van der Waals surface area contributed by atoms with Crippen molar-refractivity contribution in [1.29, 1.82) is 0 Å². The Bertz CT molecular complexity index is 402. The first-order valence-electron chi connectivity index (χ1n) is 5.59. The summed E-state index contributed by atoms with van der Waals surface area (Å²) >= 11 is 0. The highest BCUT2D eigenvalue weighted by Crippen LogP contribution is 2.08. The van der Waals surface area contributed by atoms with Crippen molar-refractivity contribution in [2.24, 2.45) is 4.99 Å². The number of carbonyl (C=O) groups is 1. The van der Waals surface area contributed by atoms with E-state index in [1.165, 1.54) is 0 Å². The molecule has 0 radical (unpaired) electrons. The van der Waals surface area contributed by atoms with Crippen molar-refractivity contribution in [2.45, 2.75) is 13.8 Å². The molecule has 0 aliphatic heterocycles. The summed E-state index contributed by atoms with van der Waals surface area (Å²) in [6, 6.07) is 6.60. The molecule has 0 bridgehead atoms. The summed E-state index contributed by atoms with van der Waals surface area (Å²) in [6.45, 7) is 3.88.